The highest BCUT2D eigenvalue weighted by Gasteiger charge is 2.28. The van der Waals surface area contributed by atoms with E-state index in [9.17, 15) is 4.79 Å². The number of ether oxygens (including phenoxy) is 3. The molecule has 178 valence electrons. The number of nitrogens with zero attached hydrogens (tertiary/aromatic N) is 2. The van der Waals surface area contributed by atoms with Crippen molar-refractivity contribution in [1.29, 1.82) is 0 Å². The molecule has 1 aromatic heterocycles. The van der Waals surface area contributed by atoms with Crippen LogP contribution < -0.4 is 14.8 Å². The molecule has 1 saturated carbocycles. The van der Waals surface area contributed by atoms with E-state index in [0.29, 0.717) is 13.1 Å². The van der Waals surface area contributed by atoms with Crippen molar-refractivity contribution in [2.24, 2.45) is 0 Å². The Labute approximate surface area is 195 Å². The molecule has 0 bridgehead atoms. The summed E-state index contributed by atoms with van der Waals surface area (Å²) >= 11 is 0. The number of hydrogen-bond donors (Lipinski definition) is 1. The molecular weight excluding hydrogens is 418 g/mol. The van der Waals surface area contributed by atoms with E-state index in [2.05, 4.69) is 16.3 Å². The molecule has 1 N–H and O–H groups in total. The van der Waals surface area contributed by atoms with Crippen LogP contribution in [0, 0.1) is 0 Å². The number of carbonyl (C=O) groups excluding carboxylic acids is 1. The number of aryl methyl sites for hydroxylation is 1. The first-order valence-corrected chi connectivity index (χ1v) is 12.5. The molecule has 5 rings (SSSR count). The van der Waals surface area contributed by atoms with Crippen LogP contribution in [0.1, 0.15) is 56.1 Å². The highest BCUT2D eigenvalue weighted by molar-refractivity contribution is 5.89. The fourth-order valence-corrected chi connectivity index (χ4v) is 5.71. The van der Waals surface area contributed by atoms with E-state index >= 15 is 0 Å². The van der Waals surface area contributed by atoms with Crippen molar-refractivity contribution in [1.82, 2.24) is 9.88 Å². The average molecular weight is 454 g/mol. The van der Waals surface area contributed by atoms with Gasteiger partial charge in [-0.2, -0.15) is 0 Å². The Balaban J connectivity index is 1.35. The summed E-state index contributed by atoms with van der Waals surface area (Å²) in [5.41, 5.74) is 3.65. The van der Waals surface area contributed by atoms with Gasteiger partial charge in [-0.15, -0.1) is 0 Å². The number of fused-ring (bicyclic) bond motifs is 3. The molecule has 3 aliphatic rings. The van der Waals surface area contributed by atoms with Crippen molar-refractivity contribution < 1.29 is 19.0 Å². The van der Waals surface area contributed by atoms with E-state index in [0.717, 1.165) is 74.3 Å². The minimum absolute atomic E-state index is 0.0123. The van der Waals surface area contributed by atoms with Crippen molar-refractivity contribution in [3.63, 3.8) is 0 Å². The Morgan fingerprint density at radius 1 is 1.12 bits per heavy atom. The molecule has 0 radical (unpaired) electrons. The van der Waals surface area contributed by atoms with Crippen LogP contribution in [0.4, 0.5) is 5.82 Å². The fourth-order valence-electron chi connectivity index (χ4n) is 5.71. The lowest BCUT2D eigenvalue weighted by Gasteiger charge is -2.19. The third-order valence-electron chi connectivity index (χ3n) is 7.39. The molecule has 33 heavy (non-hydrogen) atoms. The largest absolute Gasteiger partial charge is 0.493 e. The number of likely N-dealkylation sites (tertiary alicyclic amines) is 1. The summed E-state index contributed by atoms with van der Waals surface area (Å²) in [5, 5.41) is 4.84. The van der Waals surface area contributed by atoms with E-state index in [1.54, 1.807) is 7.11 Å². The quantitative estimate of drug-likeness (QED) is 0.429. The van der Waals surface area contributed by atoms with Crippen LogP contribution in [-0.4, -0.2) is 61.9 Å². The predicted octanol–water partition coefficient (Wildman–Crippen LogP) is 4.10. The molecule has 2 aromatic rings. The molecule has 2 heterocycles. The zero-order valence-electron chi connectivity index (χ0n) is 19.6. The highest BCUT2D eigenvalue weighted by atomic mass is 16.5. The van der Waals surface area contributed by atoms with E-state index < -0.39 is 0 Å². The van der Waals surface area contributed by atoms with Crippen molar-refractivity contribution in [2.75, 3.05) is 38.7 Å². The summed E-state index contributed by atoms with van der Waals surface area (Å²) < 4.78 is 17.0. The molecule has 1 aliphatic heterocycles. The molecule has 2 unspecified atom stereocenters. The van der Waals surface area contributed by atoms with Crippen LogP contribution in [-0.2, 0) is 22.4 Å². The maximum Gasteiger partial charge on any atom is 0.293 e. The maximum atomic E-state index is 10.7. The SMILES string of the molecule is COc1cc2c3c(c(NC4CCC(OC=O)C4)nc2cc1OCCCN1CCCC1)CCC3. The third kappa shape index (κ3) is 4.88. The molecule has 7 nitrogen and oxygen atoms in total. The van der Waals surface area contributed by atoms with E-state index in [1.165, 1.54) is 42.4 Å². The van der Waals surface area contributed by atoms with Gasteiger partial charge in [0.05, 0.1) is 19.2 Å². The fraction of sp³-hybridized carbons (Fsp3) is 0.615. The van der Waals surface area contributed by atoms with E-state index in [4.69, 9.17) is 19.2 Å². The first-order chi connectivity index (χ1) is 16.2. The van der Waals surface area contributed by atoms with Crippen LogP contribution in [0.15, 0.2) is 12.1 Å². The van der Waals surface area contributed by atoms with Gasteiger partial charge in [-0.1, -0.05) is 0 Å². The van der Waals surface area contributed by atoms with Gasteiger partial charge in [0.1, 0.15) is 11.9 Å². The minimum Gasteiger partial charge on any atom is -0.493 e. The maximum absolute atomic E-state index is 10.7. The number of benzene rings is 1. The minimum atomic E-state index is 0.0123. The zero-order chi connectivity index (χ0) is 22.6. The number of aromatic nitrogens is 1. The second-order valence-corrected chi connectivity index (χ2v) is 9.55. The van der Waals surface area contributed by atoms with E-state index in [-0.39, 0.29) is 12.1 Å². The summed E-state index contributed by atoms with van der Waals surface area (Å²) in [6.45, 7) is 4.76. The smallest absolute Gasteiger partial charge is 0.293 e. The van der Waals surface area contributed by atoms with Crippen LogP contribution in [0.2, 0.25) is 0 Å². The second kappa shape index (κ2) is 10.2. The number of hydrogen-bond acceptors (Lipinski definition) is 7. The molecule has 0 spiro atoms. The molecular formula is C26H35N3O4. The van der Waals surface area contributed by atoms with Gasteiger partial charge in [0.15, 0.2) is 11.5 Å². The molecule has 2 aliphatic carbocycles. The average Bonchev–Trinajstić information content (AvgIpc) is 3.59. The lowest BCUT2D eigenvalue weighted by Crippen LogP contribution is -2.22. The second-order valence-electron chi connectivity index (χ2n) is 9.55. The summed E-state index contributed by atoms with van der Waals surface area (Å²) in [5.74, 6) is 2.53. The lowest BCUT2D eigenvalue weighted by atomic mass is 10.0. The van der Waals surface area contributed by atoms with Gasteiger partial charge >= 0.3 is 0 Å². The summed E-state index contributed by atoms with van der Waals surface area (Å²) in [6, 6.07) is 4.43. The topological polar surface area (TPSA) is 72.9 Å². The Morgan fingerprint density at radius 3 is 2.79 bits per heavy atom. The first-order valence-electron chi connectivity index (χ1n) is 12.5. The van der Waals surface area contributed by atoms with Crippen molar-refractivity contribution in [3.05, 3.63) is 23.3 Å². The lowest BCUT2D eigenvalue weighted by molar-refractivity contribution is -0.133. The van der Waals surface area contributed by atoms with Crippen LogP contribution >= 0.6 is 0 Å². The number of methoxy groups -OCH3 is 1. The van der Waals surface area contributed by atoms with E-state index in [1.807, 2.05) is 6.07 Å². The normalized spacial score (nSPS) is 22.5. The molecule has 0 amide bonds. The van der Waals surface area contributed by atoms with Crippen LogP contribution in [0.5, 0.6) is 11.5 Å². The molecule has 1 saturated heterocycles. The van der Waals surface area contributed by atoms with Crippen LogP contribution in [0.25, 0.3) is 10.9 Å². The Morgan fingerprint density at radius 2 is 1.97 bits per heavy atom. The summed E-state index contributed by atoms with van der Waals surface area (Å²) in [6.07, 6.45) is 9.62. The molecule has 7 heteroatoms. The number of pyridine rings is 1. The van der Waals surface area contributed by atoms with Gasteiger partial charge in [-0.05, 0) is 81.6 Å². The van der Waals surface area contributed by atoms with Gasteiger partial charge in [0, 0.05) is 30.5 Å². The molecule has 2 fully saturated rings. The molecule has 1 aromatic carbocycles. The number of nitrogens with one attached hydrogen (secondary N) is 1. The Hall–Kier alpha value is -2.54. The van der Waals surface area contributed by atoms with Crippen molar-refractivity contribution in [2.45, 2.75) is 69.9 Å². The molecule has 2 atom stereocenters. The third-order valence-corrected chi connectivity index (χ3v) is 7.39. The summed E-state index contributed by atoms with van der Waals surface area (Å²) in [4.78, 5) is 18.2. The van der Waals surface area contributed by atoms with Gasteiger partial charge in [0.2, 0.25) is 0 Å². The predicted molar refractivity (Wildman–Crippen MR) is 128 cm³/mol. The van der Waals surface area contributed by atoms with Gasteiger partial charge < -0.3 is 24.4 Å². The van der Waals surface area contributed by atoms with Crippen molar-refractivity contribution in [3.8, 4) is 11.5 Å². The number of carbonyl (C=O) groups is 1. The Bertz CT molecular complexity index is 989. The Kier molecular flexibility index (Phi) is 6.85. The number of rotatable bonds is 10. The number of anilines is 1. The summed E-state index contributed by atoms with van der Waals surface area (Å²) in [7, 11) is 1.71. The van der Waals surface area contributed by atoms with Gasteiger partial charge in [-0.25, -0.2) is 4.98 Å². The highest BCUT2D eigenvalue weighted by Crippen LogP contribution is 2.40. The monoisotopic (exact) mass is 453 g/mol. The van der Waals surface area contributed by atoms with Crippen LogP contribution in [0.3, 0.4) is 0 Å². The van der Waals surface area contributed by atoms with Gasteiger partial charge in [-0.3, -0.25) is 4.79 Å². The zero-order valence-corrected chi connectivity index (χ0v) is 19.6. The first kappa shape index (κ1) is 22.3. The van der Waals surface area contributed by atoms with Gasteiger partial charge in [0.25, 0.3) is 6.47 Å². The standard InChI is InChI=1S/C26H35N3O4/c1-31-24-15-22-20-6-4-7-21(20)26(27-18-8-9-19(14-18)33-17-30)28-23(22)16-25(24)32-13-5-12-29-10-2-3-11-29/h15-19H,2-14H2,1H3,(H,27,28). The van der Waals surface area contributed by atoms with Crippen molar-refractivity contribution >= 4 is 23.2 Å².